The van der Waals surface area contributed by atoms with Crippen molar-refractivity contribution < 1.29 is 5.11 Å². The van der Waals surface area contributed by atoms with Crippen LogP contribution in [0.4, 0.5) is 5.69 Å². The minimum absolute atomic E-state index is 0.393. The van der Waals surface area contributed by atoms with Crippen LogP contribution in [0.1, 0.15) is 37.3 Å². The second-order valence-corrected chi connectivity index (χ2v) is 4.21. The Kier molecular flexibility index (Phi) is 2.36. The molecule has 2 nitrogen and oxygen atoms in total. The van der Waals surface area contributed by atoms with Crippen LogP contribution < -0.4 is 5.32 Å². The lowest BCUT2D eigenvalue weighted by Gasteiger charge is -2.23. The van der Waals surface area contributed by atoms with Crippen molar-refractivity contribution in [2.45, 2.75) is 32.6 Å². The van der Waals surface area contributed by atoms with E-state index in [1.165, 1.54) is 11.1 Å². The molecular formula is C12H17NO. The van der Waals surface area contributed by atoms with Gasteiger partial charge in [-0.05, 0) is 36.0 Å². The van der Waals surface area contributed by atoms with Crippen LogP contribution in [0.25, 0.3) is 0 Å². The summed E-state index contributed by atoms with van der Waals surface area (Å²) in [6.45, 7) is 5.37. The Labute approximate surface area is 85.0 Å². The fraction of sp³-hybridized carbons (Fsp3) is 0.500. The van der Waals surface area contributed by atoms with Gasteiger partial charge in [0, 0.05) is 6.54 Å². The summed E-state index contributed by atoms with van der Waals surface area (Å²) >= 11 is 0. The van der Waals surface area contributed by atoms with Crippen LogP contribution in [0, 0.1) is 0 Å². The standard InChI is InChI=1S/C12H17NO/c1-8(2)9-5-6-11(14)12-10(9)4-3-7-13-12/h5-6,8,13-14H,3-4,7H2,1-2H3. The maximum atomic E-state index is 9.70. The van der Waals surface area contributed by atoms with Crippen LogP contribution >= 0.6 is 0 Å². The lowest BCUT2D eigenvalue weighted by molar-refractivity contribution is 0.475. The molecule has 2 rings (SSSR count). The first-order valence-corrected chi connectivity index (χ1v) is 5.28. The molecule has 2 N–H and O–H groups in total. The number of nitrogens with one attached hydrogen (secondary N) is 1. The van der Waals surface area contributed by atoms with E-state index in [9.17, 15) is 5.11 Å². The van der Waals surface area contributed by atoms with Gasteiger partial charge in [-0.25, -0.2) is 0 Å². The van der Waals surface area contributed by atoms with Crippen molar-refractivity contribution in [1.82, 2.24) is 0 Å². The number of rotatable bonds is 1. The smallest absolute Gasteiger partial charge is 0.138 e. The Morgan fingerprint density at radius 3 is 2.86 bits per heavy atom. The molecule has 1 aliphatic rings. The lowest BCUT2D eigenvalue weighted by Crippen LogP contribution is -2.14. The van der Waals surface area contributed by atoms with Gasteiger partial charge in [0.1, 0.15) is 5.75 Å². The Bertz CT molecular complexity index is 344. The number of benzene rings is 1. The quantitative estimate of drug-likeness (QED) is 0.669. The highest BCUT2D eigenvalue weighted by atomic mass is 16.3. The number of hydrogen-bond donors (Lipinski definition) is 2. The van der Waals surface area contributed by atoms with Gasteiger partial charge >= 0.3 is 0 Å². The molecule has 0 amide bonds. The van der Waals surface area contributed by atoms with Crippen LogP contribution in [0.3, 0.4) is 0 Å². The van der Waals surface area contributed by atoms with Crippen LogP contribution in [0.15, 0.2) is 12.1 Å². The first kappa shape index (κ1) is 9.38. The van der Waals surface area contributed by atoms with Crippen LogP contribution in [-0.4, -0.2) is 11.7 Å². The highest BCUT2D eigenvalue weighted by Gasteiger charge is 2.17. The molecule has 1 aromatic carbocycles. The van der Waals surface area contributed by atoms with Gasteiger partial charge in [-0.2, -0.15) is 0 Å². The molecule has 0 saturated heterocycles. The zero-order valence-electron chi connectivity index (χ0n) is 8.80. The summed E-state index contributed by atoms with van der Waals surface area (Å²) in [5, 5.41) is 13.0. The van der Waals surface area contributed by atoms with Gasteiger partial charge in [0.2, 0.25) is 0 Å². The van der Waals surface area contributed by atoms with E-state index < -0.39 is 0 Å². The second-order valence-electron chi connectivity index (χ2n) is 4.21. The van der Waals surface area contributed by atoms with E-state index in [1.54, 1.807) is 6.07 Å². The molecule has 0 aromatic heterocycles. The molecule has 0 unspecified atom stereocenters. The molecule has 0 bridgehead atoms. The van der Waals surface area contributed by atoms with E-state index in [2.05, 4.69) is 19.2 Å². The van der Waals surface area contributed by atoms with Crippen molar-refractivity contribution >= 4 is 5.69 Å². The van der Waals surface area contributed by atoms with E-state index >= 15 is 0 Å². The van der Waals surface area contributed by atoms with Gasteiger partial charge in [-0.15, -0.1) is 0 Å². The van der Waals surface area contributed by atoms with Gasteiger partial charge in [0.15, 0.2) is 0 Å². The van der Waals surface area contributed by atoms with E-state index in [0.29, 0.717) is 11.7 Å². The summed E-state index contributed by atoms with van der Waals surface area (Å²) in [4.78, 5) is 0. The Morgan fingerprint density at radius 2 is 2.14 bits per heavy atom. The highest BCUT2D eigenvalue weighted by molar-refractivity contribution is 5.65. The van der Waals surface area contributed by atoms with Crippen molar-refractivity contribution in [3.8, 4) is 5.75 Å². The Balaban J connectivity index is 2.53. The minimum Gasteiger partial charge on any atom is -0.506 e. The van der Waals surface area contributed by atoms with Crippen LogP contribution in [-0.2, 0) is 6.42 Å². The average Bonchev–Trinajstić information content (AvgIpc) is 2.18. The lowest BCUT2D eigenvalue weighted by atomic mass is 9.91. The molecular weight excluding hydrogens is 174 g/mol. The second kappa shape index (κ2) is 3.52. The molecule has 0 fully saturated rings. The maximum absolute atomic E-state index is 9.70. The van der Waals surface area contributed by atoms with Crippen LogP contribution in [0.5, 0.6) is 5.75 Å². The normalized spacial score (nSPS) is 15.1. The molecule has 0 radical (unpaired) electrons. The summed E-state index contributed by atoms with van der Waals surface area (Å²) < 4.78 is 0. The molecule has 0 spiro atoms. The minimum atomic E-state index is 0.393. The SMILES string of the molecule is CC(C)c1ccc(O)c2c1CCCN2. The fourth-order valence-electron chi connectivity index (χ4n) is 2.14. The average molecular weight is 191 g/mol. The predicted octanol–water partition coefficient (Wildman–Crippen LogP) is 2.87. The Morgan fingerprint density at radius 1 is 1.36 bits per heavy atom. The number of hydrogen-bond acceptors (Lipinski definition) is 2. The fourth-order valence-corrected chi connectivity index (χ4v) is 2.14. The molecule has 1 aliphatic heterocycles. The molecule has 0 aliphatic carbocycles. The van der Waals surface area contributed by atoms with Crippen molar-refractivity contribution in [3.05, 3.63) is 23.3 Å². The molecule has 76 valence electrons. The zero-order valence-corrected chi connectivity index (χ0v) is 8.80. The first-order chi connectivity index (χ1) is 6.70. The largest absolute Gasteiger partial charge is 0.506 e. The van der Waals surface area contributed by atoms with E-state index in [1.807, 2.05) is 6.07 Å². The van der Waals surface area contributed by atoms with Crippen molar-refractivity contribution in [2.24, 2.45) is 0 Å². The monoisotopic (exact) mass is 191 g/mol. The summed E-state index contributed by atoms with van der Waals surface area (Å²) in [5.41, 5.74) is 3.64. The number of anilines is 1. The number of phenolic OH excluding ortho intramolecular Hbond substituents is 1. The van der Waals surface area contributed by atoms with Crippen molar-refractivity contribution in [1.29, 1.82) is 0 Å². The number of fused-ring (bicyclic) bond motifs is 1. The molecule has 1 heterocycles. The number of aromatic hydroxyl groups is 1. The van der Waals surface area contributed by atoms with Gasteiger partial charge < -0.3 is 10.4 Å². The van der Waals surface area contributed by atoms with E-state index in [0.717, 1.165) is 25.1 Å². The highest BCUT2D eigenvalue weighted by Crippen LogP contribution is 2.36. The third-order valence-corrected chi connectivity index (χ3v) is 2.85. The number of phenols is 1. The third-order valence-electron chi connectivity index (χ3n) is 2.85. The van der Waals surface area contributed by atoms with Crippen molar-refractivity contribution in [3.63, 3.8) is 0 Å². The topological polar surface area (TPSA) is 32.3 Å². The van der Waals surface area contributed by atoms with E-state index in [4.69, 9.17) is 0 Å². The third kappa shape index (κ3) is 1.45. The van der Waals surface area contributed by atoms with Crippen molar-refractivity contribution in [2.75, 3.05) is 11.9 Å². The molecule has 1 aromatic rings. The Hall–Kier alpha value is -1.18. The summed E-state index contributed by atoms with van der Waals surface area (Å²) in [6.07, 6.45) is 2.25. The van der Waals surface area contributed by atoms with Crippen LogP contribution in [0.2, 0.25) is 0 Å². The molecule has 14 heavy (non-hydrogen) atoms. The van der Waals surface area contributed by atoms with Gasteiger partial charge in [-0.1, -0.05) is 19.9 Å². The van der Waals surface area contributed by atoms with Gasteiger partial charge in [0.25, 0.3) is 0 Å². The summed E-state index contributed by atoms with van der Waals surface area (Å²) in [7, 11) is 0. The zero-order chi connectivity index (χ0) is 10.1. The summed E-state index contributed by atoms with van der Waals surface area (Å²) in [6, 6.07) is 3.85. The van der Waals surface area contributed by atoms with Gasteiger partial charge in [-0.3, -0.25) is 0 Å². The predicted molar refractivity (Wildman–Crippen MR) is 59.0 cm³/mol. The first-order valence-electron chi connectivity index (χ1n) is 5.28. The summed E-state index contributed by atoms with van der Waals surface area (Å²) in [5.74, 6) is 0.924. The maximum Gasteiger partial charge on any atom is 0.138 e. The molecule has 2 heteroatoms. The van der Waals surface area contributed by atoms with E-state index in [-0.39, 0.29) is 0 Å². The molecule has 0 atom stereocenters. The van der Waals surface area contributed by atoms with Gasteiger partial charge in [0.05, 0.1) is 5.69 Å². The molecule has 0 saturated carbocycles.